The van der Waals surface area contributed by atoms with E-state index in [4.69, 9.17) is 10.5 Å². The summed E-state index contributed by atoms with van der Waals surface area (Å²) in [5.41, 5.74) is 6.62. The zero-order valence-corrected chi connectivity index (χ0v) is 11.6. The predicted octanol–water partition coefficient (Wildman–Crippen LogP) is 2.15. The third-order valence-electron chi connectivity index (χ3n) is 5.36. The minimum atomic E-state index is 0.0254. The molecule has 0 amide bonds. The topological polar surface area (TPSA) is 38.5 Å². The molecule has 3 nitrogen and oxygen atoms in total. The monoisotopic (exact) mass is 252 g/mol. The molecule has 0 bridgehead atoms. The van der Waals surface area contributed by atoms with E-state index in [1.807, 2.05) is 0 Å². The normalized spacial score (nSPS) is 37.2. The number of likely N-dealkylation sites (tertiary alicyclic amines) is 1. The predicted molar refractivity (Wildman–Crippen MR) is 73.5 cm³/mol. The molecule has 3 aliphatic rings. The van der Waals surface area contributed by atoms with Crippen molar-refractivity contribution in [2.75, 3.05) is 26.3 Å². The fourth-order valence-electron chi connectivity index (χ4n) is 4.26. The molecule has 104 valence electrons. The Morgan fingerprint density at radius 2 is 1.78 bits per heavy atom. The highest BCUT2D eigenvalue weighted by Crippen LogP contribution is 2.36. The molecular weight excluding hydrogens is 224 g/mol. The minimum absolute atomic E-state index is 0.0254. The fraction of sp³-hybridized carbons (Fsp3) is 1.00. The molecule has 3 heteroatoms. The van der Waals surface area contributed by atoms with Gasteiger partial charge in [0.2, 0.25) is 0 Å². The Morgan fingerprint density at radius 3 is 2.61 bits per heavy atom. The summed E-state index contributed by atoms with van der Waals surface area (Å²) in [5.74, 6) is 0.968. The number of fused-ring (bicyclic) bond motifs is 1. The first kappa shape index (κ1) is 12.9. The van der Waals surface area contributed by atoms with Gasteiger partial charge in [-0.1, -0.05) is 12.8 Å². The van der Waals surface area contributed by atoms with Gasteiger partial charge in [-0.25, -0.2) is 0 Å². The van der Waals surface area contributed by atoms with Gasteiger partial charge in [0.05, 0.1) is 0 Å². The maximum absolute atomic E-state index is 6.59. The van der Waals surface area contributed by atoms with Gasteiger partial charge >= 0.3 is 0 Å². The number of ether oxygens (including phenoxy) is 1. The second-order valence-electron chi connectivity index (χ2n) is 6.70. The van der Waals surface area contributed by atoms with Crippen molar-refractivity contribution in [3.05, 3.63) is 0 Å². The highest BCUT2D eigenvalue weighted by atomic mass is 16.5. The van der Waals surface area contributed by atoms with E-state index in [0.29, 0.717) is 0 Å². The van der Waals surface area contributed by atoms with Gasteiger partial charge in [-0.2, -0.15) is 0 Å². The lowest BCUT2D eigenvalue weighted by Gasteiger charge is -2.48. The van der Waals surface area contributed by atoms with Crippen LogP contribution in [0.15, 0.2) is 0 Å². The highest BCUT2D eigenvalue weighted by molar-refractivity contribution is 4.95. The van der Waals surface area contributed by atoms with Gasteiger partial charge in [0.25, 0.3) is 0 Å². The molecule has 0 radical (unpaired) electrons. The van der Waals surface area contributed by atoms with Crippen molar-refractivity contribution < 1.29 is 4.74 Å². The molecule has 0 aromatic rings. The van der Waals surface area contributed by atoms with E-state index >= 15 is 0 Å². The molecule has 1 aliphatic carbocycles. The van der Waals surface area contributed by atoms with Crippen molar-refractivity contribution in [2.24, 2.45) is 11.7 Å². The number of nitrogens with zero attached hydrogens (tertiary/aromatic N) is 1. The van der Waals surface area contributed by atoms with Gasteiger partial charge in [-0.05, 0) is 51.0 Å². The first-order valence-electron chi connectivity index (χ1n) is 7.88. The molecule has 0 unspecified atom stereocenters. The van der Waals surface area contributed by atoms with Gasteiger partial charge < -0.3 is 10.5 Å². The van der Waals surface area contributed by atoms with Crippen LogP contribution in [0.1, 0.15) is 51.4 Å². The lowest BCUT2D eigenvalue weighted by Crippen LogP contribution is -2.58. The number of hydrogen-bond acceptors (Lipinski definition) is 3. The molecule has 0 spiro atoms. The molecule has 2 saturated heterocycles. The number of piperidine rings is 1. The molecule has 1 saturated carbocycles. The molecule has 3 fully saturated rings. The fourth-order valence-corrected chi connectivity index (χ4v) is 4.26. The Kier molecular flexibility index (Phi) is 3.92. The van der Waals surface area contributed by atoms with Crippen LogP contribution in [-0.2, 0) is 4.74 Å². The van der Waals surface area contributed by atoms with Crippen molar-refractivity contribution in [1.82, 2.24) is 4.90 Å². The van der Waals surface area contributed by atoms with Crippen molar-refractivity contribution in [1.29, 1.82) is 0 Å². The number of rotatable bonds is 2. The maximum Gasteiger partial charge on any atom is 0.0484 e. The number of hydrogen-bond donors (Lipinski definition) is 1. The van der Waals surface area contributed by atoms with Crippen LogP contribution in [-0.4, -0.2) is 42.8 Å². The molecule has 0 aromatic carbocycles. The largest absolute Gasteiger partial charge is 0.381 e. The van der Waals surface area contributed by atoms with Gasteiger partial charge in [-0.3, -0.25) is 4.90 Å². The van der Waals surface area contributed by atoms with Crippen LogP contribution in [0.25, 0.3) is 0 Å². The van der Waals surface area contributed by atoms with Crippen LogP contribution >= 0.6 is 0 Å². The summed E-state index contributed by atoms with van der Waals surface area (Å²) in [6.45, 7) is 4.11. The Bertz CT molecular complexity index is 274. The third-order valence-corrected chi connectivity index (χ3v) is 5.36. The Labute approximate surface area is 111 Å². The van der Waals surface area contributed by atoms with E-state index in [9.17, 15) is 0 Å². The molecule has 0 aromatic heterocycles. The highest BCUT2D eigenvalue weighted by Gasteiger charge is 2.37. The summed E-state index contributed by atoms with van der Waals surface area (Å²) in [6.07, 6.45) is 10.7. The van der Waals surface area contributed by atoms with Crippen molar-refractivity contribution in [3.63, 3.8) is 0 Å². The van der Waals surface area contributed by atoms with Crippen LogP contribution in [0.2, 0.25) is 0 Å². The average molecular weight is 252 g/mol. The van der Waals surface area contributed by atoms with Crippen LogP contribution in [0, 0.1) is 5.92 Å². The summed E-state index contributed by atoms with van der Waals surface area (Å²) in [5, 5.41) is 0. The Balaban J connectivity index is 1.63. The van der Waals surface area contributed by atoms with E-state index in [0.717, 1.165) is 44.6 Å². The Morgan fingerprint density at radius 1 is 1.06 bits per heavy atom. The molecule has 3 rings (SSSR count). The quantitative estimate of drug-likeness (QED) is 0.818. The first-order chi connectivity index (χ1) is 8.77. The van der Waals surface area contributed by atoms with Gasteiger partial charge in [0, 0.05) is 31.3 Å². The second-order valence-corrected chi connectivity index (χ2v) is 6.70. The first-order valence-corrected chi connectivity index (χ1v) is 7.88. The van der Waals surface area contributed by atoms with Gasteiger partial charge in [-0.15, -0.1) is 0 Å². The van der Waals surface area contributed by atoms with E-state index in [1.54, 1.807) is 0 Å². The van der Waals surface area contributed by atoms with Gasteiger partial charge in [0.1, 0.15) is 0 Å². The van der Waals surface area contributed by atoms with Crippen molar-refractivity contribution in [3.8, 4) is 0 Å². The van der Waals surface area contributed by atoms with Crippen LogP contribution in [0.4, 0.5) is 0 Å². The smallest absolute Gasteiger partial charge is 0.0484 e. The van der Waals surface area contributed by atoms with Crippen LogP contribution in [0.5, 0.6) is 0 Å². The zero-order valence-electron chi connectivity index (χ0n) is 11.6. The molecular formula is C15H28N2O. The SMILES string of the molecule is NC1(CN2CCC[C@H]3CCCC[C@H]32)CCOCC1. The molecule has 2 heterocycles. The average Bonchev–Trinajstić information content (AvgIpc) is 2.40. The summed E-state index contributed by atoms with van der Waals surface area (Å²) < 4.78 is 5.46. The third kappa shape index (κ3) is 2.73. The van der Waals surface area contributed by atoms with Crippen LogP contribution < -0.4 is 5.73 Å². The zero-order chi connectivity index (χ0) is 12.4. The van der Waals surface area contributed by atoms with E-state index in [2.05, 4.69) is 4.90 Å². The van der Waals surface area contributed by atoms with Crippen molar-refractivity contribution in [2.45, 2.75) is 62.9 Å². The van der Waals surface area contributed by atoms with Crippen LogP contribution in [0.3, 0.4) is 0 Å². The molecule has 2 N–H and O–H groups in total. The van der Waals surface area contributed by atoms with Gasteiger partial charge in [0.15, 0.2) is 0 Å². The number of nitrogens with two attached hydrogens (primary N) is 1. The second kappa shape index (κ2) is 5.48. The maximum atomic E-state index is 6.59. The van der Waals surface area contributed by atoms with E-state index < -0.39 is 0 Å². The lowest BCUT2D eigenvalue weighted by molar-refractivity contribution is 0.00232. The van der Waals surface area contributed by atoms with E-state index in [1.165, 1.54) is 45.1 Å². The Hall–Kier alpha value is -0.120. The van der Waals surface area contributed by atoms with Crippen molar-refractivity contribution >= 4 is 0 Å². The summed E-state index contributed by atoms with van der Waals surface area (Å²) in [4.78, 5) is 2.73. The molecule has 2 atom stereocenters. The van der Waals surface area contributed by atoms with E-state index in [-0.39, 0.29) is 5.54 Å². The molecule has 18 heavy (non-hydrogen) atoms. The minimum Gasteiger partial charge on any atom is -0.381 e. The summed E-state index contributed by atoms with van der Waals surface area (Å²) >= 11 is 0. The lowest BCUT2D eigenvalue weighted by atomic mass is 9.77. The summed E-state index contributed by atoms with van der Waals surface area (Å²) in [6, 6.07) is 0.843. The standard InChI is InChI=1S/C15H28N2O/c16-15(7-10-18-11-8-15)12-17-9-3-5-13-4-1-2-6-14(13)17/h13-14H,1-12,16H2/t13-,14-/m1/s1. The molecule has 2 aliphatic heterocycles. The summed E-state index contributed by atoms with van der Waals surface area (Å²) in [7, 11) is 0.